The molecule has 114 valence electrons. The van der Waals surface area contributed by atoms with Crippen molar-refractivity contribution in [2.45, 2.75) is 42.6 Å². The number of halogens is 2. The van der Waals surface area contributed by atoms with Gasteiger partial charge in [0.2, 0.25) is 0 Å². The van der Waals surface area contributed by atoms with Crippen molar-refractivity contribution >= 4 is 50.1 Å². The van der Waals surface area contributed by atoms with Crippen LogP contribution < -0.4 is 5.46 Å². The van der Waals surface area contributed by atoms with E-state index in [2.05, 4.69) is 31.9 Å². The van der Waals surface area contributed by atoms with Gasteiger partial charge in [0.15, 0.2) is 0 Å². The van der Waals surface area contributed by atoms with Gasteiger partial charge < -0.3 is 9.31 Å². The van der Waals surface area contributed by atoms with Gasteiger partial charge in [-0.05, 0) is 38.7 Å². The molecule has 0 aromatic heterocycles. The third-order valence-corrected chi connectivity index (χ3v) is 5.01. The average molecular weight is 421 g/mol. The van der Waals surface area contributed by atoms with Gasteiger partial charge in [-0.25, -0.2) is 0 Å². The molecule has 1 aliphatic heterocycles. The Morgan fingerprint density at radius 2 is 1.71 bits per heavy atom. The van der Waals surface area contributed by atoms with Gasteiger partial charge in [-0.15, -0.1) is 0 Å². The van der Waals surface area contributed by atoms with Gasteiger partial charge in [0, 0.05) is 12.1 Å². The molecule has 8 heteroatoms. The van der Waals surface area contributed by atoms with Crippen LogP contribution in [0.4, 0.5) is 5.69 Å². The minimum Gasteiger partial charge on any atom is -0.399 e. The molecule has 21 heavy (non-hydrogen) atoms. The summed E-state index contributed by atoms with van der Waals surface area (Å²) in [5.74, 6) is 0. The molecule has 1 aliphatic rings. The number of alkyl halides is 2. The Morgan fingerprint density at radius 1 is 1.19 bits per heavy atom. The Morgan fingerprint density at radius 3 is 2.14 bits per heavy atom. The van der Waals surface area contributed by atoms with Crippen LogP contribution in [0.5, 0.6) is 0 Å². The second-order valence-electron chi connectivity index (χ2n) is 5.96. The van der Waals surface area contributed by atoms with Crippen LogP contribution in [0.15, 0.2) is 18.2 Å². The third kappa shape index (κ3) is 3.18. The molecule has 1 fully saturated rings. The van der Waals surface area contributed by atoms with Crippen LogP contribution >= 0.6 is 31.9 Å². The first-order valence-corrected chi connectivity index (χ1v) is 8.30. The van der Waals surface area contributed by atoms with Gasteiger partial charge in [0.05, 0.1) is 19.9 Å². The fourth-order valence-corrected chi connectivity index (χ4v) is 2.88. The molecule has 0 atom stereocenters. The van der Waals surface area contributed by atoms with Crippen molar-refractivity contribution in [1.82, 2.24) is 0 Å². The summed E-state index contributed by atoms with van der Waals surface area (Å²) in [6.45, 7) is 7.79. The Bertz CT molecular complexity index is 561. The van der Waals surface area contributed by atoms with Gasteiger partial charge in [0.25, 0.3) is 5.69 Å². The van der Waals surface area contributed by atoms with Crippen molar-refractivity contribution in [2.75, 3.05) is 0 Å². The largest absolute Gasteiger partial charge is 0.495 e. The summed E-state index contributed by atoms with van der Waals surface area (Å²) in [5, 5.41) is 11.0. The van der Waals surface area contributed by atoms with E-state index in [4.69, 9.17) is 9.31 Å². The molecule has 1 aromatic carbocycles. The molecule has 2 rings (SSSR count). The van der Waals surface area contributed by atoms with Gasteiger partial charge in [-0.2, -0.15) is 0 Å². The van der Waals surface area contributed by atoms with Crippen molar-refractivity contribution in [3.05, 3.63) is 33.9 Å². The zero-order chi connectivity index (χ0) is 16.0. The van der Waals surface area contributed by atoms with E-state index in [0.717, 1.165) is 5.56 Å². The van der Waals surface area contributed by atoms with E-state index in [9.17, 15) is 10.1 Å². The maximum atomic E-state index is 11.0. The second kappa shape index (κ2) is 5.64. The highest BCUT2D eigenvalue weighted by Gasteiger charge is 2.52. The minimum absolute atomic E-state index is 0.0177. The van der Waals surface area contributed by atoms with Crippen LogP contribution in [0.2, 0.25) is 0 Å². The smallest absolute Gasteiger partial charge is 0.399 e. The Balaban J connectivity index is 2.48. The average Bonchev–Trinajstić information content (AvgIpc) is 2.57. The fourth-order valence-electron chi connectivity index (χ4n) is 2.05. The lowest BCUT2D eigenvalue weighted by Gasteiger charge is -2.32. The molecule has 1 aromatic rings. The van der Waals surface area contributed by atoms with Crippen LogP contribution in [0.25, 0.3) is 0 Å². The molecule has 0 bridgehead atoms. The van der Waals surface area contributed by atoms with Gasteiger partial charge in [-0.1, -0.05) is 37.9 Å². The van der Waals surface area contributed by atoms with E-state index < -0.39 is 23.2 Å². The predicted octanol–water partition coefficient (Wildman–Crippen LogP) is 3.68. The molecule has 0 unspecified atom stereocenters. The maximum Gasteiger partial charge on any atom is 0.495 e. The van der Waals surface area contributed by atoms with Gasteiger partial charge in [-0.3, -0.25) is 10.1 Å². The number of non-ortho nitro benzene ring substituents is 1. The fraction of sp³-hybridized carbons (Fsp3) is 0.538. The minimum atomic E-state index is -0.637. The molecule has 0 saturated carbocycles. The van der Waals surface area contributed by atoms with E-state index in [1.165, 1.54) is 12.1 Å². The van der Waals surface area contributed by atoms with Gasteiger partial charge >= 0.3 is 7.12 Å². The predicted molar refractivity (Wildman–Crippen MR) is 89.4 cm³/mol. The van der Waals surface area contributed by atoms with Crippen molar-refractivity contribution in [2.24, 2.45) is 0 Å². The topological polar surface area (TPSA) is 61.6 Å². The highest BCUT2D eigenvalue weighted by atomic mass is 79.9. The monoisotopic (exact) mass is 419 g/mol. The van der Waals surface area contributed by atoms with Crippen LogP contribution in [0, 0.1) is 10.1 Å². The quantitative estimate of drug-likeness (QED) is 0.324. The molecule has 0 aliphatic carbocycles. The van der Waals surface area contributed by atoms with E-state index in [1.807, 2.05) is 27.7 Å². The van der Waals surface area contributed by atoms with Crippen LogP contribution in [0.1, 0.15) is 37.0 Å². The summed E-state index contributed by atoms with van der Waals surface area (Å²) in [4.78, 5) is 10.6. The molecular weight excluding hydrogens is 405 g/mol. The number of hydrogen-bond acceptors (Lipinski definition) is 4. The molecule has 5 nitrogen and oxygen atoms in total. The summed E-state index contributed by atoms with van der Waals surface area (Å²) in [7, 11) is -0.637. The van der Waals surface area contributed by atoms with Crippen molar-refractivity contribution < 1.29 is 14.2 Å². The first kappa shape index (κ1) is 16.9. The zero-order valence-electron chi connectivity index (χ0n) is 12.2. The van der Waals surface area contributed by atoms with Crippen LogP contribution in [-0.4, -0.2) is 23.2 Å². The normalized spacial score (nSPS) is 20.0. The molecule has 1 saturated heterocycles. The van der Waals surface area contributed by atoms with E-state index >= 15 is 0 Å². The molecule has 1 heterocycles. The van der Waals surface area contributed by atoms with E-state index in [-0.39, 0.29) is 9.42 Å². The number of hydrogen-bond donors (Lipinski definition) is 0. The lowest BCUT2D eigenvalue weighted by atomic mass is 9.76. The van der Waals surface area contributed by atoms with Crippen molar-refractivity contribution in [1.29, 1.82) is 0 Å². The molecular formula is C13H16BBr2NO4. The third-order valence-electron chi connectivity index (χ3n) is 4.02. The first-order chi connectivity index (χ1) is 9.55. The highest BCUT2D eigenvalue weighted by Crippen LogP contribution is 2.38. The van der Waals surface area contributed by atoms with Gasteiger partial charge in [0.1, 0.15) is 0 Å². The molecule has 0 N–H and O–H groups in total. The summed E-state index contributed by atoms with van der Waals surface area (Å²) < 4.78 is 11.8. The summed E-state index contributed by atoms with van der Waals surface area (Å²) in [5.41, 5.74) is 0.534. The van der Waals surface area contributed by atoms with Crippen LogP contribution in [-0.2, 0) is 9.31 Å². The number of nitro groups is 1. The summed E-state index contributed by atoms with van der Waals surface area (Å²) in [6.07, 6.45) is 0. The SMILES string of the molecule is CC1(C)OB(c2cc([N+](=O)[O-])ccc2C(Br)Br)OC1(C)C. The lowest BCUT2D eigenvalue weighted by molar-refractivity contribution is -0.384. The Kier molecular flexibility index (Phi) is 4.55. The second-order valence-corrected chi connectivity index (χ2v) is 9.02. The number of nitrogens with zero attached hydrogens (tertiary/aromatic N) is 1. The molecule has 0 radical (unpaired) electrons. The summed E-state index contributed by atoms with van der Waals surface area (Å²) in [6, 6.07) is 4.68. The number of benzene rings is 1. The first-order valence-electron chi connectivity index (χ1n) is 6.47. The number of rotatable bonds is 3. The van der Waals surface area contributed by atoms with Crippen LogP contribution in [0.3, 0.4) is 0 Å². The standard InChI is InChI=1S/C13H16BBr2NO4/c1-12(2)13(3,4)21-14(20-12)10-7-8(17(18)19)5-6-9(10)11(15)16/h5-7,11H,1-4H3. The van der Waals surface area contributed by atoms with E-state index in [1.54, 1.807) is 6.07 Å². The summed E-state index contributed by atoms with van der Waals surface area (Å²) >= 11 is 6.87. The van der Waals surface area contributed by atoms with Crippen molar-refractivity contribution in [3.8, 4) is 0 Å². The van der Waals surface area contributed by atoms with Crippen molar-refractivity contribution in [3.63, 3.8) is 0 Å². The van der Waals surface area contributed by atoms with E-state index in [0.29, 0.717) is 5.46 Å². The molecule has 0 spiro atoms. The Hall–Kier alpha value is -0.435. The number of nitro benzene ring substituents is 1. The highest BCUT2D eigenvalue weighted by molar-refractivity contribution is 9.24. The lowest BCUT2D eigenvalue weighted by Crippen LogP contribution is -2.41. The maximum absolute atomic E-state index is 11.0. The molecule has 0 amide bonds. The zero-order valence-corrected chi connectivity index (χ0v) is 15.4. The Labute approximate surface area is 140 Å².